The Bertz CT molecular complexity index is 816. The first-order chi connectivity index (χ1) is 10.2. The van der Waals surface area contributed by atoms with Gasteiger partial charge in [0.1, 0.15) is 5.75 Å². The van der Waals surface area contributed by atoms with Gasteiger partial charge in [-0.2, -0.15) is 0 Å². The van der Waals surface area contributed by atoms with E-state index in [-0.39, 0.29) is 5.56 Å². The Kier molecular flexibility index (Phi) is 3.48. The predicted octanol–water partition coefficient (Wildman–Crippen LogP) is 2.65. The number of hydrogen-bond donors (Lipinski definition) is 1. The molecule has 2 aromatic heterocycles. The minimum absolute atomic E-state index is 0.0804. The molecular formula is C16H17N3O2. The van der Waals surface area contributed by atoms with Crippen molar-refractivity contribution < 1.29 is 4.74 Å². The number of nitrogens with one attached hydrogen (secondary N) is 1. The van der Waals surface area contributed by atoms with Crippen LogP contribution in [-0.2, 0) is 6.42 Å². The summed E-state index contributed by atoms with van der Waals surface area (Å²) in [6, 6.07) is 11.1. The van der Waals surface area contributed by atoms with E-state index < -0.39 is 0 Å². The lowest BCUT2D eigenvalue weighted by Crippen LogP contribution is -2.15. The molecule has 2 heterocycles. The van der Waals surface area contributed by atoms with Crippen LogP contribution in [0.1, 0.15) is 19.0 Å². The molecule has 0 fully saturated rings. The molecule has 0 unspecified atom stereocenters. The second-order valence-electron chi connectivity index (χ2n) is 4.93. The van der Waals surface area contributed by atoms with Crippen LogP contribution in [-0.4, -0.2) is 21.7 Å². The molecular weight excluding hydrogens is 266 g/mol. The summed E-state index contributed by atoms with van der Waals surface area (Å²) < 4.78 is 6.62. The van der Waals surface area contributed by atoms with Crippen molar-refractivity contribution >= 4 is 5.65 Å². The van der Waals surface area contributed by atoms with Crippen molar-refractivity contribution in [2.75, 3.05) is 7.11 Å². The SMILES string of the molecule is CCCc1cc(=O)n2[nH]c(-c3ccc(OC)cc3)cc2n1. The van der Waals surface area contributed by atoms with Crippen LogP contribution in [0.25, 0.3) is 16.9 Å². The quantitative estimate of drug-likeness (QED) is 0.800. The molecule has 3 rings (SSSR count). The lowest BCUT2D eigenvalue weighted by molar-refractivity contribution is 0.415. The minimum Gasteiger partial charge on any atom is -0.497 e. The molecule has 0 saturated heterocycles. The van der Waals surface area contributed by atoms with Gasteiger partial charge in [-0.15, -0.1) is 0 Å². The Labute approximate surface area is 122 Å². The van der Waals surface area contributed by atoms with Crippen molar-refractivity contribution in [3.63, 3.8) is 0 Å². The van der Waals surface area contributed by atoms with E-state index >= 15 is 0 Å². The van der Waals surface area contributed by atoms with E-state index in [1.165, 1.54) is 4.52 Å². The molecule has 0 saturated carbocycles. The minimum atomic E-state index is -0.0804. The van der Waals surface area contributed by atoms with Gasteiger partial charge in [0.2, 0.25) is 0 Å². The summed E-state index contributed by atoms with van der Waals surface area (Å²) in [6.45, 7) is 2.07. The third kappa shape index (κ3) is 2.54. The molecule has 1 aromatic carbocycles. The summed E-state index contributed by atoms with van der Waals surface area (Å²) in [6.07, 6.45) is 1.78. The maximum absolute atomic E-state index is 12.1. The first-order valence-corrected chi connectivity index (χ1v) is 6.97. The smallest absolute Gasteiger partial charge is 0.272 e. The van der Waals surface area contributed by atoms with Crippen LogP contribution in [0.4, 0.5) is 0 Å². The fourth-order valence-corrected chi connectivity index (χ4v) is 2.34. The van der Waals surface area contributed by atoms with Crippen LogP contribution in [0.3, 0.4) is 0 Å². The molecule has 0 bridgehead atoms. The first kappa shape index (κ1) is 13.4. The highest BCUT2D eigenvalue weighted by atomic mass is 16.5. The topological polar surface area (TPSA) is 59.4 Å². The van der Waals surface area contributed by atoms with Gasteiger partial charge in [0.05, 0.1) is 12.8 Å². The van der Waals surface area contributed by atoms with E-state index in [0.29, 0.717) is 5.65 Å². The number of methoxy groups -OCH3 is 1. The number of aryl methyl sites for hydroxylation is 1. The zero-order chi connectivity index (χ0) is 14.8. The van der Waals surface area contributed by atoms with Crippen LogP contribution in [0.15, 0.2) is 41.2 Å². The van der Waals surface area contributed by atoms with Crippen molar-refractivity contribution in [2.24, 2.45) is 0 Å². The standard InChI is InChI=1S/C16H17N3O2/c1-3-4-12-9-16(20)19-15(17-12)10-14(18-19)11-5-7-13(21-2)8-6-11/h5-10,18H,3-4H2,1-2H3. The highest BCUT2D eigenvalue weighted by Crippen LogP contribution is 2.21. The Morgan fingerprint density at radius 3 is 2.67 bits per heavy atom. The van der Waals surface area contributed by atoms with Crippen LogP contribution >= 0.6 is 0 Å². The van der Waals surface area contributed by atoms with Crippen molar-refractivity contribution in [1.29, 1.82) is 0 Å². The normalized spacial score (nSPS) is 11.0. The predicted molar refractivity (Wildman–Crippen MR) is 81.8 cm³/mol. The number of H-pyrrole nitrogens is 1. The van der Waals surface area contributed by atoms with Gasteiger partial charge >= 0.3 is 0 Å². The van der Waals surface area contributed by atoms with Gasteiger partial charge in [-0.25, -0.2) is 9.50 Å². The Morgan fingerprint density at radius 1 is 1.24 bits per heavy atom. The number of hydrogen-bond acceptors (Lipinski definition) is 3. The maximum Gasteiger partial charge on any atom is 0.272 e. The summed E-state index contributed by atoms with van der Waals surface area (Å²) in [4.78, 5) is 16.6. The fourth-order valence-electron chi connectivity index (χ4n) is 2.34. The third-order valence-corrected chi connectivity index (χ3v) is 3.41. The monoisotopic (exact) mass is 283 g/mol. The number of aromatic nitrogens is 3. The lowest BCUT2D eigenvalue weighted by atomic mass is 10.1. The zero-order valence-corrected chi connectivity index (χ0v) is 12.1. The van der Waals surface area contributed by atoms with Gasteiger partial charge in [0.25, 0.3) is 5.56 Å². The van der Waals surface area contributed by atoms with Gasteiger partial charge in [-0.3, -0.25) is 9.89 Å². The van der Waals surface area contributed by atoms with Crippen molar-refractivity contribution in [1.82, 2.24) is 14.6 Å². The molecule has 5 heteroatoms. The van der Waals surface area contributed by atoms with Crippen LogP contribution < -0.4 is 10.3 Å². The number of benzene rings is 1. The molecule has 0 amide bonds. The summed E-state index contributed by atoms with van der Waals surface area (Å²) in [7, 11) is 1.64. The van der Waals surface area contributed by atoms with E-state index in [4.69, 9.17) is 4.74 Å². The molecule has 21 heavy (non-hydrogen) atoms. The second kappa shape index (κ2) is 5.44. The highest BCUT2D eigenvalue weighted by molar-refractivity contribution is 5.64. The van der Waals surface area contributed by atoms with Crippen LogP contribution in [0.2, 0.25) is 0 Å². The number of aromatic amines is 1. The fraction of sp³-hybridized carbons (Fsp3) is 0.250. The van der Waals surface area contributed by atoms with Crippen LogP contribution in [0.5, 0.6) is 5.75 Å². The van der Waals surface area contributed by atoms with Crippen molar-refractivity contribution in [3.05, 3.63) is 52.4 Å². The largest absolute Gasteiger partial charge is 0.497 e. The number of rotatable bonds is 4. The molecule has 0 atom stereocenters. The van der Waals surface area contributed by atoms with Gasteiger partial charge in [0.15, 0.2) is 5.65 Å². The van der Waals surface area contributed by atoms with E-state index in [1.807, 2.05) is 30.3 Å². The Balaban J connectivity index is 2.07. The van der Waals surface area contributed by atoms with E-state index in [2.05, 4.69) is 17.0 Å². The van der Waals surface area contributed by atoms with Crippen molar-refractivity contribution in [2.45, 2.75) is 19.8 Å². The Morgan fingerprint density at radius 2 is 2.00 bits per heavy atom. The average molecular weight is 283 g/mol. The van der Waals surface area contributed by atoms with Crippen molar-refractivity contribution in [3.8, 4) is 17.0 Å². The molecule has 0 radical (unpaired) electrons. The summed E-state index contributed by atoms with van der Waals surface area (Å²) in [5.74, 6) is 0.801. The molecule has 3 aromatic rings. The summed E-state index contributed by atoms with van der Waals surface area (Å²) in [5, 5.41) is 3.09. The van der Waals surface area contributed by atoms with E-state index in [1.54, 1.807) is 13.2 Å². The summed E-state index contributed by atoms with van der Waals surface area (Å²) in [5.41, 5.74) is 3.25. The van der Waals surface area contributed by atoms with E-state index in [0.717, 1.165) is 35.5 Å². The second-order valence-corrected chi connectivity index (χ2v) is 4.93. The zero-order valence-electron chi connectivity index (χ0n) is 12.1. The highest BCUT2D eigenvalue weighted by Gasteiger charge is 2.07. The molecule has 1 N–H and O–H groups in total. The first-order valence-electron chi connectivity index (χ1n) is 6.97. The molecule has 108 valence electrons. The maximum atomic E-state index is 12.1. The van der Waals surface area contributed by atoms with Crippen LogP contribution in [0, 0.1) is 0 Å². The summed E-state index contributed by atoms with van der Waals surface area (Å²) >= 11 is 0. The van der Waals surface area contributed by atoms with E-state index in [9.17, 15) is 4.79 Å². The average Bonchev–Trinajstić information content (AvgIpc) is 2.92. The van der Waals surface area contributed by atoms with Gasteiger partial charge in [-0.05, 0) is 36.2 Å². The molecule has 0 aliphatic rings. The number of ether oxygens (including phenoxy) is 1. The Hall–Kier alpha value is -2.56. The van der Waals surface area contributed by atoms with Gasteiger partial charge < -0.3 is 4.74 Å². The van der Waals surface area contributed by atoms with Gasteiger partial charge in [0, 0.05) is 17.8 Å². The number of fused-ring (bicyclic) bond motifs is 1. The third-order valence-electron chi connectivity index (χ3n) is 3.41. The molecule has 0 aliphatic carbocycles. The van der Waals surface area contributed by atoms with Gasteiger partial charge in [-0.1, -0.05) is 13.3 Å². The molecule has 0 spiro atoms. The molecule has 0 aliphatic heterocycles. The lowest BCUT2D eigenvalue weighted by Gasteiger charge is -2.00. The number of nitrogens with zero attached hydrogens (tertiary/aromatic N) is 2. The molecule has 5 nitrogen and oxygen atoms in total.